The Morgan fingerprint density at radius 3 is 2.90 bits per heavy atom. The first kappa shape index (κ1) is 15.4. The summed E-state index contributed by atoms with van der Waals surface area (Å²) in [6.45, 7) is 5.28. The van der Waals surface area contributed by atoms with Gasteiger partial charge in [-0.2, -0.15) is 0 Å². The van der Waals surface area contributed by atoms with Crippen LogP contribution < -0.4 is 10.2 Å². The van der Waals surface area contributed by atoms with Crippen molar-refractivity contribution in [2.45, 2.75) is 26.7 Å². The van der Waals surface area contributed by atoms with Gasteiger partial charge in [0, 0.05) is 25.2 Å². The number of esters is 1. The molecule has 1 aromatic rings. The summed E-state index contributed by atoms with van der Waals surface area (Å²) in [4.78, 5) is 25.4. The summed E-state index contributed by atoms with van der Waals surface area (Å²) < 4.78 is 4.90. The Labute approximate surface area is 125 Å². The van der Waals surface area contributed by atoms with E-state index in [-0.39, 0.29) is 17.9 Å². The van der Waals surface area contributed by atoms with Crippen LogP contribution in [0.4, 0.5) is 10.5 Å². The minimum absolute atomic E-state index is 0.0610. The van der Waals surface area contributed by atoms with Crippen LogP contribution in [0.25, 0.3) is 0 Å². The molecule has 21 heavy (non-hydrogen) atoms. The van der Waals surface area contributed by atoms with Gasteiger partial charge in [-0.05, 0) is 30.9 Å². The fourth-order valence-corrected chi connectivity index (χ4v) is 2.48. The molecule has 1 heterocycles. The number of amides is 2. The van der Waals surface area contributed by atoms with Crippen LogP contribution in [0, 0.1) is 5.92 Å². The van der Waals surface area contributed by atoms with E-state index in [1.807, 2.05) is 31.2 Å². The highest BCUT2D eigenvalue weighted by Gasteiger charge is 2.24. The van der Waals surface area contributed by atoms with Gasteiger partial charge >= 0.3 is 12.0 Å². The molecular formula is C16H22N2O3. The Morgan fingerprint density at radius 1 is 1.38 bits per heavy atom. The van der Waals surface area contributed by atoms with Gasteiger partial charge in [-0.15, -0.1) is 0 Å². The molecule has 0 aromatic heterocycles. The fourth-order valence-electron chi connectivity index (χ4n) is 2.48. The predicted molar refractivity (Wildman–Crippen MR) is 81.3 cm³/mol. The number of para-hydroxylation sites is 1. The van der Waals surface area contributed by atoms with Crippen molar-refractivity contribution in [3.63, 3.8) is 0 Å². The molecule has 1 aromatic carbocycles. The Morgan fingerprint density at radius 2 is 2.14 bits per heavy atom. The first-order valence-corrected chi connectivity index (χ1v) is 7.40. The van der Waals surface area contributed by atoms with Gasteiger partial charge in [0.2, 0.25) is 0 Å². The van der Waals surface area contributed by atoms with E-state index in [9.17, 15) is 9.59 Å². The Bertz CT molecular complexity index is 516. The van der Waals surface area contributed by atoms with Gasteiger partial charge < -0.3 is 10.1 Å². The van der Waals surface area contributed by atoms with Crippen molar-refractivity contribution in [2.24, 2.45) is 5.92 Å². The lowest BCUT2D eigenvalue weighted by molar-refractivity contribution is -0.144. The van der Waals surface area contributed by atoms with E-state index in [1.54, 1.807) is 11.8 Å². The summed E-state index contributed by atoms with van der Waals surface area (Å²) in [7, 11) is 0. The molecule has 5 nitrogen and oxygen atoms in total. The zero-order chi connectivity index (χ0) is 15.2. The summed E-state index contributed by atoms with van der Waals surface area (Å²) in [5, 5.41) is 2.89. The SMILES string of the molecule is CCOC(=O)C[C@@H](C)CNC(=O)N1CCc2ccccc21. The van der Waals surface area contributed by atoms with Gasteiger partial charge in [0.1, 0.15) is 0 Å². The van der Waals surface area contributed by atoms with E-state index in [1.165, 1.54) is 5.56 Å². The van der Waals surface area contributed by atoms with Gasteiger partial charge in [0.25, 0.3) is 0 Å². The zero-order valence-corrected chi connectivity index (χ0v) is 12.6. The molecule has 0 bridgehead atoms. The number of hydrogen-bond donors (Lipinski definition) is 1. The molecule has 0 fully saturated rings. The third-order valence-electron chi connectivity index (χ3n) is 3.55. The van der Waals surface area contributed by atoms with Crippen molar-refractivity contribution >= 4 is 17.7 Å². The average Bonchev–Trinajstić information content (AvgIpc) is 2.89. The van der Waals surface area contributed by atoms with Crippen LogP contribution >= 0.6 is 0 Å². The highest BCUT2D eigenvalue weighted by molar-refractivity contribution is 5.94. The smallest absolute Gasteiger partial charge is 0.321 e. The first-order chi connectivity index (χ1) is 10.1. The van der Waals surface area contributed by atoms with E-state index in [2.05, 4.69) is 5.32 Å². The number of hydrogen-bond acceptors (Lipinski definition) is 3. The van der Waals surface area contributed by atoms with Crippen molar-refractivity contribution in [3.8, 4) is 0 Å². The maximum Gasteiger partial charge on any atom is 0.321 e. The highest BCUT2D eigenvalue weighted by Crippen LogP contribution is 2.27. The lowest BCUT2D eigenvalue weighted by atomic mass is 10.1. The van der Waals surface area contributed by atoms with Crippen molar-refractivity contribution in [1.82, 2.24) is 5.32 Å². The third kappa shape index (κ3) is 3.97. The summed E-state index contributed by atoms with van der Waals surface area (Å²) in [6, 6.07) is 7.83. The first-order valence-electron chi connectivity index (χ1n) is 7.40. The Balaban J connectivity index is 1.82. The largest absolute Gasteiger partial charge is 0.466 e. The number of urea groups is 1. The van der Waals surface area contributed by atoms with Crippen LogP contribution in [0.2, 0.25) is 0 Å². The van der Waals surface area contributed by atoms with Crippen LogP contribution in [-0.2, 0) is 16.0 Å². The van der Waals surface area contributed by atoms with Crippen LogP contribution in [0.15, 0.2) is 24.3 Å². The second-order valence-corrected chi connectivity index (χ2v) is 5.33. The molecule has 0 spiro atoms. The van der Waals surface area contributed by atoms with Crippen LogP contribution in [0.1, 0.15) is 25.8 Å². The number of nitrogens with zero attached hydrogens (tertiary/aromatic N) is 1. The van der Waals surface area contributed by atoms with Crippen molar-refractivity contribution in [3.05, 3.63) is 29.8 Å². The molecule has 2 amide bonds. The van der Waals surface area contributed by atoms with Gasteiger partial charge in [-0.1, -0.05) is 25.1 Å². The number of ether oxygens (including phenoxy) is 1. The van der Waals surface area contributed by atoms with E-state index >= 15 is 0 Å². The van der Waals surface area contributed by atoms with Crippen LogP contribution in [-0.4, -0.2) is 31.7 Å². The summed E-state index contributed by atoms with van der Waals surface area (Å²) in [5.74, 6) is -0.156. The summed E-state index contributed by atoms with van der Waals surface area (Å²) >= 11 is 0. The topological polar surface area (TPSA) is 58.6 Å². The minimum Gasteiger partial charge on any atom is -0.466 e. The lowest BCUT2D eigenvalue weighted by Crippen LogP contribution is -2.41. The molecule has 0 unspecified atom stereocenters. The zero-order valence-electron chi connectivity index (χ0n) is 12.6. The summed E-state index contributed by atoms with van der Waals surface area (Å²) in [6.07, 6.45) is 1.21. The van der Waals surface area contributed by atoms with E-state index in [0.29, 0.717) is 26.1 Å². The molecule has 114 valence electrons. The lowest BCUT2D eigenvalue weighted by Gasteiger charge is -2.19. The van der Waals surface area contributed by atoms with Crippen LogP contribution in [0.3, 0.4) is 0 Å². The Hall–Kier alpha value is -2.04. The molecule has 0 aliphatic carbocycles. The number of rotatable bonds is 5. The van der Waals surface area contributed by atoms with Crippen molar-refractivity contribution < 1.29 is 14.3 Å². The second-order valence-electron chi connectivity index (χ2n) is 5.33. The number of fused-ring (bicyclic) bond motifs is 1. The average molecular weight is 290 g/mol. The molecule has 1 atom stereocenters. The number of carbonyl (C=O) groups is 2. The molecule has 1 aliphatic heterocycles. The monoisotopic (exact) mass is 290 g/mol. The minimum atomic E-state index is -0.217. The van der Waals surface area contributed by atoms with E-state index in [0.717, 1.165) is 12.1 Å². The summed E-state index contributed by atoms with van der Waals surface area (Å²) in [5.41, 5.74) is 2.18. The van der Waals surface area contributed by atoms with Gasteiger partial charge in [-0.25, -0.2) is 4.79 Å². The maximum atomic E-state index is 12.2. The van der Waals surface area contributed by atoms with Gasteiger partial charge in [0.15, 0.2) is 0 Å². The molecule has 1 N–H and O–H groups in total. The third-order valence-corrected chi connectivity index (χ3v) is 3.55. The molecule has 0 saturated heterocycles. The Kier molecular flexibility index (Phi) is 5.20. The quantitative estimate of drug-likeness (QED) is 0.847. The fraction of sp³-hybridized carbons (Fsp3) is 0.500. The van der Waals surface area contributed by atoms with Gasteiger partial charge in [-0.3, -0.25) is 9.69 Å². The molecular weight excluding hydrogens is 268 g/mol. The second kappa shape index (κ2) is 7.11. The van der Waals surface area contributed by atoms with Crippen molar-refractivity contribution in [1.29, 1.82) is 0 Å². The number of anilines is 1. The maximum absolute atomic E-state index is 12.2. The van der Waals surface area contributed by atoms with Crippen molar-refractivity contribution in [2.75, 3.05) is 24.6 Å². The van der Waals surface area contributed by atoms with Crippen LogP contribution in [0.5, 0.6) is 0 Å². The molecule has 1 aliphatic rings. The highest BCUT2D eigenvalue weighted by atomic mass is 16.5. The van der Waals surface area contributed by atoms with E-state index < -0.39 is 0 Å². The number of benzene rings is 1. The van der Waals surface area contributed by atoms with Gasteiger partial charge in [0.05, 0.1) is 6.61 Å². The standard InChI is InChI=1S/C16H22N2O3/c1-3-21-15(19)10-12(2)11-17-16(20)18-9-8-13-6-4-5-7-14(13)18/h4-7,12H,3,8-11H2,1-2H3,(H,17,20)/t12-/m1/s1. The molecule has 5 heteroatoms. The number of carbonyl (C=O) groups excluding carboxylic acids is 2. The molecule has 0 saturated carbocycles. The predicted octanol–water partition coefficient (Wildman–Crippen LogP) is 2.35. The molecule has 0 radical (unpaired) electrons. The number of nitrogens with one attached hydrogen (secondary N) is 1. The normalized spacial score (nSPS) is 14.5. The van der Waals surface area contributed by atoms with E-state index in [4.69, 9.17) is 4.74 Å². The molecule has 2 rings (SSSR count).